The molecule has 0 atom stereocenters. The molecule has 8 nitrogen and oxygen atoms in total. The van der Waals surface area contributed by atoms with Crippen molar-refractivity contribution in [3.8, 4) is 0 Å². The first-order chi connectivity index (χ1) is 12.2. The molecule has 4 aromatic rings. The Morgan fingerprint density at radius 2 is 2.12 bits per heavy atom. The van der Waals surface area contributed by atoms with Gasteiger partial charge in [-0.1, -0.05) is 23.5 Å². The molecule has 9 heteroatoms. The number of aromatic amines is 1. The van der Waals surface area contributed by atoms with E-state index in [1.165, 1.54) is 11.3 Å². The molecule has 1 aromatic carbocycles. The predicted octanol–water partition coefficient (Wildman–Crippen LogP) is 1.77. The number of aromatic nitrogens is 6. The zero-order chi connectivity index (χ0) is 17.2. The number of Topliss-reactive ketones (excluding diaryl/α,β-unsaturated/α-hetero) is 1. The van der Waals surface area contributed by atoms with Crippen LogP contribution < -0.4 is 5.73 Å². The Morgan fingerprint density at radius 1 is 1.24 bits per heavy atom. The molecule has 3 aromatic heterocycles. The van der Waals surface area contributed by atoms with E-state index in [4.69, 9.17) is 5.73 Å². The summed E-state index contributed by atoms with van der Waals surface area (Å²) in [4.78, 5) is 20.6. The van der Waals surface area contributed by atoms with Crippen LogP contribution in [0.1, 0.15) is 34.3 Å². The largest absolute Gasteiger partial charge is 0.335 e. The molecule has 0 aliphatic carbocycles. The number of hydrogen-bond acceptors (Lipinski definition) is 7. The topological polar surface area (TPSA) is 115 Å². The summed E-state index contributed by atoms with van der Waals surface area (Å²) < 4.78 is 1.72. The summed E-state index contributed by atoms with van der Waals surface area (Å²) in [5.41, 5.74) is 7.19. The Bertz CT molecular complexity index is 999. The number of fused-ring (bicyclic) bond motifs is 2. The van der Waals surface area contributed by atoms with Gasteiger partial charge < -0.3 is 10.7 Å². The summed E-state index contributed by atoms with van der Waals surface area (Å²) in [5.74, 6) is 1.02. The highest BCUT2D eigenvalue weighted by molar-refractivity contribution is 7.16. The predicted molar refractivity (Wildman–Crippen MR) is 94.8 cm³/mol. The number of ketones is 1. The number of rotatable bonds is 7. The van der Waals surface area contributed by atoms with Crippen LogP contribution in [0.2, 0.25) is 0 Å². The Balaban J connectivity index is 1.47. The normalized spacial score (nSPS) is 11.6. The van der Waals surface area contributed by atoms with Crippen molar-refractivity contribution in [3.63, 3.8) is 0 Å². The number of nitrogens with two attached hydrogens (primary N) is 1. The molecule has 25 heavy (non-hydrogen) atoms. The fourth-order valence-electron chi connectivity index (χ4n) is 2.64. The van der Waals surface area contributed by atoms with Crippen LogP contribution in [-0.4, -0.2) is 42.1 Å². The molecule has 3 heterocycles. The van der Waals surface area contributed by atoms with Gasteiger partial charge >= 0.3 is 0 Å². The Hall–Kier alpha value is -2.65. The fourth-order valence-corrected chi connectivity index (χ4v) is 3.53. The van der Waals surface area contributed by atoms with Crippen molar-refractivity contribution in [1.29, 1.82) is 0 Å². The number of carbonyl (C=O) groups is 1. The monoisotopic (exact) mass is 355 g/mol. The third kappa shape index (κ3) is 3.15. The molecule has 0 saturated heterocycles. The molecule has 0 unspecified atom stereocenters. The van der Waals surface area contributed by atoms with Crippen LogP contribution in [0.5, 0.6) is 0 Å². The first-order valence-corrected chi connectivity index (χ1v) is 8.94. The average Bonchev–Trinajstić information content (AvgIpc) is 3.31. The minimum absolute atomic E-state index is 0.0495. The molecule has 4 rings (SSSR count). The summed E-state index contributed by atoms with van der Waals surface area (Å²) >= 11 is 1.51. The van der Waals surface area contributed by atoms with Gasteiger partial charge in [0.1, 0.15) is 5.01 Å². The lowest BCUT2D eigenvalue weighted by Crippen LogP contribution is -2.06. The van der Waals surface area contributed by atoms with Crippen LogP contribution in [0.3, 0.4) is 0 Å². The molecule has 0 radical (unpaired) electrons. The first kappa shape index (κ1) is 15.9. The zero-order valence-electron chi connectivity index (χ0n) is 13.5. The van der Waals surface area contributed by atoms with Crippen LogP contribution in [0.15, 0.2) is 24.3 Å². The van der Waals surface area contributed by atoms with Gasteiger partial charge in [-0.3, -0.25) is 4.79 Å². The van der Waals surface area contributed by atoms with Crippen LogP contribution >= 0.6 is 11.3 Å². The SMILES string of the molecule is NCCCc1nn2c(CCC(=O)c3nc4ccccc4[nH]3)nnc2s1. The molecule has 3 N–H and O–H groups in total. The third-order valence-corrected chi connectivity index (χ3v) is 4.88. The van der Waals surface area contributed by atoms with Gasteiger partial charge in [0.15, 0.2) is 17.4 Å². The van der Waals surface area contributed by atoms with Gasteiger partial charge in [-0.15, -0.1) is 10.2 Å². The van der Waals surface area contributed by atoms with E-state index in [0.29, 0.717) is 31.0 Å². The Labute approximate surface area is 147 Å². The molecule has 0 spiro atoms. The van der Waals surface area contributed by atoms with Crippen molar-refractivity contribution in [1.82, 2.24) is 29.8 Å². The Kier molecular flexibility index (Phi) is 4.24. The molecule has 128 valence electrons. The van der Waals surface area contributed by atoms with E-state index < -0.39 is 0 Å². The second-order valence-corrected chi connectivity index (χ2v) is 6.76. The number of H-pyrrole nitrogens is 1. The van der Waals surface area contributed by atoms with Crippen molar-refractivity contribution in [3.05, 3.63) is 40.9 Å². The van der Waals surface area contributed by atoms with Crippen molar-refractivity contribution in [2.45, 2.75) is 25.7 Å². The van der Waals surface area contributed by atoms with Crippen molar-refractivity contribution >= 4 is 33.1 Å². The van der Waals surface area contributed by atoms with E-state index in [9.17, 15) is 4.79 Å². The van der Waals surface area contributed by atoms with Gasteiger partial charge in [0, 0.05) is 19.3 Å². The number of nitrogens with one attached hydrogen (secondary N) is 1. The summed E-state index contributed by atoms with van der Waals surface area (Å²) in [6.45, 7) is 0.638. The highest BCUT2D eigenvalue weighted by Crippen LogP contribution is 2.17. The van der Waals surface area contributed by atoms with E-state index in [1.807, 2.05) is 24.3 Å². The quantitative estimate of drug-likeness (QED) is 0.488. The fraction of sp³-hybridized carbons (Fsp3) is 0.312. The lowest BCUT2D eigenvalue weighted by atomic mass is 10.2. The summed E-state index contributed by atoms with van der Waals surface area (Å²) in [7, 11) is 0. The average molecular weight is 355 g/mol. The first-order valence-electron chi connectivity index (χ1n) is 8.12. The number of nitrogens with zero attached hydrogens (tertiary/aromatic N) is 5. The number of aryl methyl sites for hydroxylation is 2. The molecular weight excluding hydrogens is 338 g/mol. The van der Waals surface area contributed by atoms with E-state index in [2.05, 4.69) is 25.3 Å². The maximum Gasteiger partial charge on any atom is 0.234 e. The molecule has 0 aliphatic rings. The number of carbonyl (C=O) groups excluding carboxylic acids is 1. The minimum Gasteiger partial charge on any atom is -0.335 e. The van der Waals surface area contributed by atoms with Crippen molar-refractivity contribution in [2.75, 3.05) is 6.54 Å². The van der Waals surface area contributed by atoms with Gasteiger partial charge in [0.25, 0.3) is 0 Å². The summed E-state index contributed by atoms with van der Waals surface area (Å²) in [6, 6.07) is 7.59. The minimum atomic E-state index is -0.0495. The van der Waals surface area contributed by atoms with Gasteiger partial charge in [0.2, 0.25) is 4.96 Å². The Morgan fingerprint density at radius 3 is 2.96 bits per heavy atom. The maximum absolute atomic E-state index is 12.4. The van der Waals surface area contributed by atoms with Crippen LogP contribution in [0.4, 0.5) is 0 Å². The summed E-state index contributed by atoms with van der Waals surface area (Å²) in [5, 5.41) is 13.8. The highest BCUT2D eigenvalue weighted by atomic mass is 32.1. The highest BCUT2D eigenvalue weighted by Gasteiger charge is 2.16. The second kappa shape index (κ2) is 6.69. The number of benzene rings is 1. The van der Waals surface area contributed by atoms with Crippen LogP contribution in [0.25, 0.3) is 16.0 Å². The van der Waals surface area contributed by atoms with E-state index in [0.717, 1.165) is 33.8 Å². The molecule has 0 bridgehead atoms. The second-order valence-electron chi connectivity index (χ2n) is 5.72. The standard InChI is InChI=1S/C16H17N7OS/c17-9-3-6-14-22-23-13(20-21-16(23)25-14)8-7-12(24)15-18-10-4-1-2-5-11(10)19-15/h1-2,4-5H,3,6-9,17H2,(H,18,19). The number of imidazole rings is 1. The van der Waals surface area contributed by atoms with Gasteiger partial charge in [0.05, 0.1) is 11.0 Å². The van der Waals surface area contributed by atoms with Crippen LogP contribution in [-0.2, 0) is 12.8 Å². The smallest absolute Gasteiger partial charge is 0.234 e. The van der Waals surface area contributed by atoms with E-state index in [-0.39, 0.29) is 5.78 Å². The van der Waals surface area contributed by atoms with E-state index >= 15 is 0 Å². The number of para-hydroxylation sites is 2. The number of hydrogen-bond donors (Lipinski definition) is 2. The zero-order valence-corrected chi connectivity index (χ0v) is 14.3. The molecule has 0 saturated carbocycles. The molecule has 0 aliphatic heterocycles. The van der Waals surface area contributed by atoms with Crippen molar-refractivity contribution in [2.24, 2.45) is 5.73 Å². The third-order valence-electron chi connectivity index (χ3n) is 3.92. The van der Waals surface area contributed by atoms with E-state index in [1.54, 1.807) is 4.52 Å². The van der Waals surface area contributed by atoms with Crippen molar-refractivity contribution < 1.29 is 4.79 Å². The summed E-state index contributed by atoms with van der Waals surface area (Å²) in [6.07, 6.45) is 2.50. The lowest BCUT2D eigenvalue weighted by molar-refractivity contribution is 0.0973. The lowest BCUT2D eigenvalue weighted by Gasteiger charge is -1.96. The van der Waals surface area contributed by atoms with Gasteiger partial charge in [-0.05, 0) is 25.1 Å². The molecule has 0 amide bonds. The molecule has 0 fully saturated rings. The van der Waals surface area contributed by atoms with Gasteiger partial charge in [-0.25, -0.2) is 4.98 Å². The van der Waals surface area contributed by atoms with Gasteiger partial charge in [-0.2, -0.15) is 9.61 Å². The molecular formula is C16H17N7OS. The maximum atomic E-state index is 12.4. The van der Waals surface area contributed by atoms with Crippen LogP contribution in [0, 0.1) is 0 Å².